The first-order valence-electron chi connectivity index (χ1n) is 12.3. The van der Waals surface area contributed by atoms with E-state index in [1.54, 1.807) is 4.31 Å². The minimum Gasteiger partial charge on any atom is -0.346 e. The molecule has 1 aliphatic rings. The zero-order valence-corrected chi connectivity index (χ0v) is 21.5. The highest BCUT2D eigenvalue weighted by molar-refractivity contribution is 7.92. The van der Waals surface area contributed by atoms with E-state index in [9.17, 15) is 8.42 Å². The fourth-order valence-electron chi connectivity index (χ4n) is 5.03. The van der Waals surface area contributed by atoms with Gasteiger partial charge in [-0.25, -0.2) is 18.4 Å². The molecule has 0 spiro atoms. The molecule has 8 heteroatoms. The van der Waals surface area contributed by atoms with Crippen LogP contribution in [0.4, 0.5) is 5.69 Å². The third-order valence-corrected chi connectivity index (χ3v) is 8.80. The number of aromatic amines is 1. The lowest BCUT2D eigenvalue weighted by Gasteiger charge is -2.28. The molecule has 1 saturated heterocycles. The van der Waals surface area contributed by atoms with Gasteiger partial charge in [-0.2, -0.15) is 0 Å². The summed E-state index contributed by atoms with van der Waals surface area (Å²) in [6, 6.07) is 16.2. The summed E-state index contributed by atoms with van der Waals surface area (Å²) in [6.07, 6.45) is 7.33. The Morgan fingerprint density at radius 1 is 0.944 bits per heavy atom. The summed E-state index contributed by atoms with van der Waals surface area (Å²) < 4.78 is 29.0. The molecule has 1 aliphatic heterocycles. The third-order valence-electron chi connectivity index (χ3n) is 6.93. The van der Waals surface area contributed by atoms with Crippen molar-refractivity contribution in [3.05, 3.63) is 67.3 Å². The molecule has 0 saturated carbocycles. The van der Waals surface area contributed by atoms with Gasteiger partial charge in [0, 0.05) is 41.0 Å². The van der Waals surface area contributed by atoms with Crippen LogP contribution in [0, 0.1) is 0 Å². The molecule has 0 radical (unpaired) electrons. The number of benzene rings is 2. The number of anilines is 1. The Kier molecular flexibility index (Phi) is 5.19. The lowest BCUT2D eigenvalue weighted by Crippen LogP contribution is -2.37. The first-order chi connectivity index (χ1) is 17.2. The van der Waals surface area contributed by atoms with Crippen molar-refractivity contribution in [1.29, 1.82) is 0 Å². The van der Waals surface area contributed by atoms with Gasteiger partial charge in [0.05, 0.1) is 28.8 Å². The molecule has 0 amide bonds. The Hall–Kier alpha value is -3.65. The van der Waals surface area contributed by atoms with Crippen molar-refractivity contribution >= 4 is 37.8 Å². The fraction of sp³-hybridized carbons (Fsp3) is 0.286. The maximum Gasteiger partial charge on any atom is 0.235 e. The fourth-order valence-corrected chi connectivity index (χ4v) is 6.66. The monoisotopic (exact) mass is 499 g/mol. The minimum absolute atomic E-state index is 0.0742. The Bertz CT molecular complexity index is 1710. The van der Waals surface area contributed by atoms with Gasteiger partial charge >= 0.3 is 0 Å². The number of H-pyrrole nitrogens is 1. The second kappa shape index (κ2) is 8.20. The second-order valence-corrected chi connectivity index (χ2v) is 12.5. The average Bonchev–Trinajstić information content (AvgIpc) is 3.47. The molecule has 36 heavy (non-hydrogen) atoms. The van der Waals surface area contributed by atoms with Crippen LogP contribution in [0.2, 0.25) is 0 Å². The van der Waals surface area contributed by atoms with Crippen molar-refractivity contribution < 1.29 is 8.42 Å². The van der Waals surface area contributed by atoms with E-state index in [0.29, 0.717) is 12.2 Å². The van der Waals surface area contributed by atoms with Gasteiger partial charge in [-0.15, -0.1) is 0 Å². The van der Waals surface area contributed by atoms with Gasteiger partial charge in [-0.05, 0) is 75.1 Å². The van der Waals surface area contributed by atoms with Crippen molar-refractivity contribution in [3.8, 4) is 22.3 Å². The van der Waals surface area contributed by atoms with Crippen LogP contribution in [-0.4, -0.2) is 40.2 Å². The maximum atomic E-state index is 12.6. The molecule has 184 valence electrons. The summed E-state index contributed by atoms with van der Waals surface area (Å²) >= 11 is 0. The van der Waals surface area contributed by atoms with Crippen LogP contribution in [0.25, 0.3) is 44.3 Å². The number of fused-ring (bicyclic) bond motifs is 2. The molecule has 0 unspecified atom stereocenters. The van der Waals surface area contributed by atoms with E-state index >= 15 is 0 Å². The van der Waals surface area contributed by atoms with Gasteiger partial charge < -0.3 is 9.55 Å². The summed E-state index contributed by atoms with van der Waals surface area (Å²) in [5.41, 5.74) is 7.55. The molecule has 1 N–H and O–H groups in total. The molecule has 0 bridgehead atoms. The molecule has 3 aromatic heterocycles. The number of imidazole rings is 1. The van der Waals surface area contributed by atoms with Crippen LogP contribution in [-0.2, 0) is 15.6 Å². The highest BCUT2D eigenvalue weighted by Gasteiger charge is 2.26. The Balaban J connectivity index is 1.43. The second-order valence-electron chi connectivity index (χ2n) is 10.5. The van der Waals surface area contributed by atoms with Gasteiger partial charge in [-0.1, -0.05) is 18.2 Å². The molecular weight excluding hydrogens is 470 g/mol. The normalized spacial score (nSPS) is 16.1. The highest BCUT2D eigenvalue weighted by atomic mass is 32.2. The molecule has 4 heterocycles. The van der Waals surface area contributed by atoms with Crippen LogP contribution in [0.1, 0.15) is 33.6 Å². The zero-order valence-electron chi connectivity index (χ0n) is 20.7. The number of rotatable bonds is 3. The third kappa shape index (κ3) is 3.86. The van der Waals surface area contributed by atoms with Gasteiger partial charge in [0.1, 0.15) is 5.65 Å². The Labute approximate surface area is 210 Å². The van der Waals surface area contributed by atoms with Gasteiger partial charge in [-0.3, -0.25) is 4.31 Å². The molecule has 5 aromatic rings. The van der Waals surface area contributed by atoms with Crippen molar-refractivity contribution in [2.75, 3.05) is 16.6 Å². The largest absolute Gasteiger partial charge is 0.346 e. The first kappa shape index (κ1) is 22.8. The van der Waals surface area contributed by atoms with Crippen LogP contribution in [0.15, 0.2) is 67.3 Å². The summed E-state index contributed by atoms with van der Waals surface area (Å²) in [5, 5.41) is 1.02. The minimum atomic E-state index is -3.27. The van der Waals surface area contributed by atoms with Crippen LogP contribution >= 0.6 is 0 Å². The number of aromatic nitrogens is 4. The number of nitrogens with zero attached hydrogens (tertiary/aromatic N) is 4. The van der Waals surface area contributed by atoms with Gasteiger partial charge in [0.25, 0.3) is 0 Å². The predicted octanol–water partition coefficient (Wildman–Crippen LogP) is 5.93. The van der Waals surface area contributed by atoms with Gasteiger partial charge in [0.15, 0.2) is 0 Å². The number of hydrogen-bond acceptors (Lipinski definition) is 4. The summed E-state index contributed by atoms with van der Waals surface area (Å²) in [4.78, 5) is 12.6. The Morgan fingerprint density at radius 2 is 1.81 bits per heavy atom. The SMILES string of the molecule is CC(C)(C)n1cnc2ccc(-c3c[nH]c4ncc(-c5cccc(N6CCCCS6(=O)=O)c5)cc34)cc21. The maximum absolute atomic E-state index is 12.6. The van der Waals surface area contributed by atoms with Crippen molar-refractivity contribution in [2.24, 2.45) is 0 Å². The van der Waals surface area contributed by atoms with E-state index in [4.69, 9.17) is 0 Å². The molecule has 7 nitrogen and oxygen atoms in total. The summed E-state index contributed by atoms with van der Waals surface area (Å²) in [7, 11) is -3.27. The lowest BCUT2D eigenvalue weighted by molar-refractivity contribution is 0.408. The van der Waals surface area contributed by atoms with Crippen molar-refractivity contribution in [2.45, 2.75) is 39.2 Å². The smallest absolute Gasteiger partial charge is 0.235 e. The molecule has 0 atom stereocenters. The van der Waals surface area contributed by atoms with Crippen molar-refractivity contribution in [1.82, 2.24) is 19.5 Å². The van der Waals surface area contributed by atoms with E-state index in [2.05, 4.69) is 64.6 Å². The Morgan fingerprint density at radius 3 is 2.61 bits per heavy atom. The molecule has 6 rings (SSSR count). The first-order valence-corrected chi connectivity index (χ1v) is 13.9. The lowest BCUT2D eigenvalue weighted by atomic mass is 10.0. The number of sulfonamides is 1. The van der Waals surface area contributed by atoms with E-state index < -0.39 is 10.0 Å². The van der Waals surface area contributed by atoms with E-state index in [0.717, 1.165) is 57.2 Å². The van der Waals surface area contributed by atoms with Crippen LogP contribution in [0.5, 0.6) is 0 Å². The zero-order chi connectivity index (χ0) is 25.1. The molecular formula is C28H29N5O2S. The molecule has 2 aromatic carbocycles. The van der Waals surface area contributed by atoms with Crippen molar-refractivity contribution in [3.63, 3.8) is 0 Å². The van der Waals surface area contributed by atoms with E-state index in [1.165, 1.54) is 0 Å². The van der Waals surface area contributed by atoms with Crippen LogP contribution in [0.3, 0.4) is 0 Å². The van der Waals surface area contributed by atoms with Gasteiger partial charge in [0.2, 0.25) is 10.0 Å². The highest BCUT2D eigenvalue weighted by Crippen LogP contribution is 2.35. The summed E-state index contributed by atoms with van der Waals surface area (Å²) in [5.74, 6) is 0.204. The quantitative estimate of drug-likeness (QED) is 0.333. The van der Waals surface area contributed by atoms with Crippen LogP contribution < -0.4 is 4.31 Å². The number of pyridine rings is 1. The van der Waals surface area contributed by atoms with E-state index in [1.807, 2.05) is 43.0 Å². The molecule has 1 fully saturated rings. The number of hydrogen-bond donors (Lipinski definition) is 1. The van der Waals surface area contributed by atoms with E-state index in [-0.39, 0.29) is 11.3 Å². The topological polar surface area (TPSA) is 83.9 Å². The average molecular weight is 500 g/mol. The number of nitrogens with one attached hydrogen (secondary N) is 1. The summed E-state index contributed by atoms with van der Waals surface area (Å²) in [6.45, 7) is 7.04. The predicted molar refractivity (Wildman–Crippen MR) is 146 cm³/mol. The standard InChI is InChI=1S/C28H29N5O2S/c1-28(2,3)32-18-31-25-10-9-20(15-26(25)32)24-17-30-27-23(24)14-21(16-29-27)19-7-6-8-22(13-19)33-11-4-5-12-36(33,34)35/h6-10,13-18H,4-5,11-12H2,1-3H3,(H,29,30). The molecule has 0 aliphatic carbocycles.